The van der Waals surface area contributed by atoms with Gasteiger partial charge in [0.25, 0.3) is 5.91 Å². The van der Waals surface area contributed by atoms with Crippen LogP contribution < -0.4 is 10.2 Å². The fraction of sp³-hybridized carbons (Fsp3) is 0.345. The Kier molecular flexibility index (Phi) is 6.39. The van der Waals surface area contributed by atoms with Crippen LogP contribution in [0.3, 0.4) is 0 Å². The van der Waals surface area contributed by atoms with Crippen LogP contribution in [0.1, 0.15) is 37.3 Å². The monoisotopic (exact) mass is 484 g/mol. The molecule has 0 bridgehead atoms. The second kappa shape index (κ2) is 9.64. The Hall–Kier alpha value is -3.87. The summed E-state index contributed by atoms with van der Waals surface area (Å²) in [6, 6.07) is 21.2. The second-order valence-corrected chi connectivity index (χ2v) is 9.93. The van der Waals surface area contributed by atoms with Crippen LogP contribution in [0.25, 0.3) is 10.8 Å². The number of rotatable bonds is 6. The Labute approximate surface area is 211 Å². The number of fused-ring (bicyclic) bond motifs is 1. The van der Waals surface area contributed by atoms with E-state index in [0.717, 1.165) is 40.0 Å². The summed E-state index contributed by atoms with van der Waals surface area (Å²) >= 11 is 0. The zero-order valence-corrected chi connectivity index (χ0v) is 20.9. The second-order valence-electron chi connectivity index (χ2n) is 9.93. The summed E-state index contributed by atoms with van der Waals surface area (Å²) in [5.41, 5.74) is 1.68. The zero-order chi connectivity index (χ0) is 25.3. The van der Waals surface area contributed by atoms with Crippen molar-refractivity contribution in [2.24, 2.45) is 0 Å². The molecule has 3 aromatic rings. The van der Waals surface area contributed by atoms with Crippen LogP contribution >= 0.6 is 0 Å². The molecule has 1 atom stereocenters. The summed E-state index contributed by atoms with van der Waals surface area (Å²) in [5, 5.41) is 4.86. The van der Waals surface area contributed by atoms with E-state index in [1.807, 2.05) is 60.7 Å². The highest BCUT2D eigenvalue weighted by atomic mass is 16.2. The third-order valence-corrected chi connectivity index (χ3v) is 7.42. The molecule has 3 aromatic carbocycles. The third kappa shape index (κ3) is 4.41. The van der Waals surface area contributed by atoms with Gasteiger partial charge in [-0.25, -0.2) is 4.79 Å². The maximum Gasteiger partial charge on any atom is 0.325 e. The van der Waals surface area contributed by atoms with Crippen molar-refractivity contribution in [2.75, 3.05) is 31.6 Å². The number of amides is 4. The summed E-state index contributed by atoms with van der Waals surface area (Å²) < 4.78 is 0. The molecule has 2 fully saturated rings. The number of likely N-dealkylation sites (N-methyl/N-ethyl adjacent to an activating group) is 1. The van der Waals surface area contributed by atoms with Gasteiger partial charge in [0, 0.05) is 32.4 Å². The minimum Gasteiger partial charge on any atom is -0.371 e. The number of carbonyl (C=O) groups is 3. The van der Waals surface area contributed by atoms with Gasteiger partial charge in [0.1, 0.15) is 12.1 Å². The number of piperidine rings is 1. The largest absolute Gasteiger partial charge is 0.371 e. The van der Waals surface area contributed by atoms with Crippen molar-refractivity contribution < 1.29 is 14.4 Å². The molecular formula is C29H32N4O3. The normalized spacial score (nSPS) is 20.1. The van der Waals surface area contributed by atoms with Crippen LogP contribution in [-0.2, 0) is 21.7 Å². The Bertz CT molecular complexity index is 1320. The Morgan fingerprint density at radius 2 is 1.64 bits per heavy atom. The van der Waals surface area contributed by atoms with Crippen LogP contribution in [0.15, 0.2) is 66.7 Å². The molecule has 2 aliphatic heterocycles. The number of nitrogens with zero attached hydrogens (tertiary/aromatic N) is 3. The van der Waals surface area contributed by atoms with Gasteiger partial charge in [0.05, 0.1) is 0 Å². The van der Waals surface area contributed by atoms with Gasteiger partial charge in [0.2, 0.25) is 5.91 Å². The van der Waals surface area contributed by atoms with E-state index < -0.39 is 17.5 Å². The van der Waals surface area contributed by atoms with E-state index in [0.29, 0.717) is 12.1 Å². The fourth-order valence-electron chi connectivity index (χ4n) is 5.22. The molecule has 0 saturated carbocycles. The van der Waals surface area contributed by atoms with E-state index in [1.165, 1.54) is 19.3 Å². The number of hydrogen-bond acceptors (Lipinski definition) is 4. The SMILES string of the molecule is CN(Cc1ccccc1N1CCCCC1)C(=O)CN1C(=O)N[C@@](C)(c2ccc3ccccc3c2)C1=O. The molecule has 36 heavy (non-hydrogen) atoms. The van der Waals surface area contributed by atoms with Gasteiger partial charge < -0.3 is 15.1 Å². The maximum atomic E-state index is 13.4. The first-order chi connectivity index (χ1) is 17.4. The molecule has 0 radical (unpaired) electrons. The molecule has 0 unspecified atom stereocenters. The molecule has 186 valence electrons. The van der Waals surface area contributed by atoms with Gasteiger partial charge in [-0.05, 0) is 60.2 Å². The highest BCUT2D eigenvalue weighted by Crippen LogP contribution is 2.31. The van der Waals surface area contributed by atoms with E-state index in [1.54, 1.807) is 18.9 Å². The molecule has 4 amide bonds. The summed E-state index contributed by atoms with van der Waals surface area (Å²) in [7, 11) is 1.72. The molecular weight excluding hydrogens is 452 g/mol. The number of hydrogen-bond donors (Lipinski definition) is 1. The van der Waals surface area contributed by atoms with E-state index in [9.17, 15) is 14.4 Å². The minimum atomic E-state index is -1.22. The summed E-state index contributed by atoms with van der Waals surface area (Å²) in [4.78, 5) is 44.4. The quantitative estimate of drug-likeness (QED) is 0.531. The Balaban J connectivity index is 1.30. The molecule has 5 rings (SSSR count). The van der Waals surface area contributed by atoms with Gasteiger partial charge in [-0.3, -0.25) is 14.5 Å². The summed E-state index contributed by atoms with van der Waals surface area (Å²) in [5.74, 6) is -0.701. The van der Waals surface area contributed by atoms with Gasteiger partial charge in [-0.2, -0.15) is 0 Å². The number of urea groups is 1. The highest BCUT2D eigenvalue weighted by molar-refractivity contribution is 6.09. The van der Waals surface area contributed by atoms with Crippen molar-refractivity contribution in [2.45, 2.75) is 38.3 Å². The van der Waals surface area contributed by atoms with Crippen LogP contribution in [0, 0.1) is 0 Å². The number of anilines is 1. The molecule has 2 aliphatic rings. The van der Waals surface area contributed by atoms with Crippen molar-refractivity contribution >= 4 is 34.3 Å². The van der Waals surface area contributed by atoms with E-state index in [-0.39, 0.29) is 12.5 Å². The first-order valence-corrected chi connectivity index (χ1v) is 12.6. The molecule has 7 nitrogen and oxygen atoms in total. The van der Waals surface area contributed by atoms with Crippen LogP contribution in [0.4, 0.5) is 10.5 Å². The average molecular weight is 485 g/mol. The predicted molar refractivity (Wildman–Crippen MR) is 141 cm³/mol. The summed E-state index contributed by atoms with van der Waals surface area (Å²) in [6.07, 6.45) is 3.59. The number of para-hydroxylation sites is 1. The molecule has 1 N–H and O–H groups in total. The summed E-state index contributed by atoms with van der Waals surface area (Å²) in [6.45, 7) is 3.85. The average Bonchev–Trinajstić information content (AvgIpc) is 3.12. The van der Waals surface area contributed by atoms with Crippen molar-refractivity contribution in [1.82, 2.24) is 15.1 Å². The topological polar surface area (TPSA) is 73.0 Å². The van der Waals surface area contributed by atoms with Gasteiger partial charge >= 0.3 is 6.03 Å². The molecule has 2 heterocycles. The first-order valence-electron chi connectivity index (χ1n) is 12.6. The van der Waals surface area contributed by atoms with Gasteiger partial charge in [-0.1, -0.05) is 54.6 Å². The lowest BCUT2D eigenvalue weighted by atomic mass is 9.90. The van der Waals surface area contributed by atoms with Crippen molar-refractivity contribution in [3.8, 4) is 0 Å². The van der Waals surface area contributed by atoms with Crippen LogP contribution in [-0.4, -0.2) is 54.3 Å². The standard InChI is InChI=1S/C29H32N4O3/c1-29(24-15-14-21-10-4-5-11-22(21)18-24)27(35)33(28(36)30-29)20-26(34)31(2)19-23-12-6-7-13-25(23)32-16-8-3-9-17-32/h4-7,10-15,18H,3,8-9,16-17,19-20H2,1-2H3,(H,30,36)/t29-/m0/s1. The number of carbonyl (C=O) groups excluding carboxylic acids is 3. The van der Waals surface area contributed by atoms with E-state index in [2.05, 4.69) is 16.3 Å². The van der Waals surface area contributed by atoms with Crippen molar-refractivity contribution in [3.63, 3.8) is 0 Å². The molecule has 2 saturated heterocycles. The third-order valence-electron chi connectivity index (χ3n) is 7.42. The number of benzene rings is 3. The minimum absolute atomic E-state index is 0.283. The Morgan fingerprint density at radius 3 is 2.42 bits per heavy atom. The Morgan fingerprint density at radius 1 is 0.944 bits per heavy atom. The predicted octanol–water partition coefficient (Wildman–Crippen LogP) is 4.26. The number of imide groups is 1. The molecule has 7 heteroatoms. The van der Waals surface area contributed by atoms with Gasteiger partial charge in [-0.15, -0.1) is 0 Å². The first kappa shape index (κ1) is 23.9. The molecule has 0 aromatic heterocycles. The van der Waals surface area contributed by atoms with E-state index >= 15 is 0 Å². The number of nitrogens with one attached hydrogen (secondary N) is 1. The molecule has 0 spiro atoms. The maximum absolute atomic E-state index is 13.4. The lowest BCUT2D eigenvalue weighted by molar-refractivity contribution is -0.138. The molecule has 0 aliphatic carbocycles. The zero-order valence-electron chi connectivity index (χ0n) is 20.9. The lowest BCUT2D eigenvalue weighted by Gasteiger charge is -2.31. The van der Waals surface area contributed by atoms with Crippen molar-refractivity contribution in [1.29, 1.82) is 0 Å². The van der Waals surface area contributed by atoms with Crippen LogP contribution in [0.5, 0.6) is 0 Å². The van der Waals surface area contributed by atoms with Crippen LogP contribution in [0.2, 0.25) is 0 Å². The van der Waals surface area contributed by atoms with Crippen molar-refractivity contribution in [3.05, 3.63) is 77.9 Å². The fourth-order valence-corrected chi connectivity index (χ4v) is 5.22. The smallest absolute Gasteiger partial charge is 0.325 e. The lowest BCUT2D eigenvalue weighted by Crippen LogP contribution is -2.43. The van der Waals surface area contributed by atoms with Gasteiger partial charge in [0.15, 0.2) is 0 Å². The highest BCUT2D eigenvalue weighted by Gasteiger charge is 2.49. The van der Waals surface area contributed by atoms with E-state index in [4.69, 9.17) is 0 Å².